The van der Waals surface area contributed by atoms with Crippen LogP contribution in [0.4, 0.5) is 4.39 Å². The molecule has 0 atom stereocenters. The molecule has 1 heterocycles. The molecular weight excluding hydrogens is 221 g/mol. The Bertz CT molecular complexity index is 437. The second-order valence-electron chi connectivity index (χ2n) is 2.62. The minimum Gasteiger partial charge on any atom is -0.437 e. The van der Waals surface area contributed by atoms with Crippen LogP contribution in [0.2, 0.25) is 5.28 Å². The predicted octanol–water partition coefficient (Wildman–Crippen LogP) is 2.46. The summed E-state index contributed by atoms with van der Waals surface area (Å²) in [7, 11) is 0. The van der Waals surface area contributed by atoms with Gasteiger partial charge in [-0.2, -0.15) is 10.1 Å². The highest BCUT2D eigenvalue weighted by molar-refractivity contribution is 6.28. The molecule has 0 saturated heterocycles. The monoisotopic (exact) mass is 225 g/mol. The van der Waals surface area contributed by atoms with Gasteiger partial charge < -0.3 is 4.74 Å². The zero-order valence-electron chi connectivity index (χ0n) is 7.39. The number of hydrogen-bond donors (Lipinski definition) is 0. The summed E-state index contributed by atoms with van der Waals surface area (Å²) in [4.78, 5) is 3.75. The van der Waals surface area contributed by atoms with E-state index in [1.165, 1.54) is 24.4 Å². The number of aromatic nitrogens is 3. The first-order valence-electron chi connectivity index (χ1n) is 4.03. The summed E-state index contributed by atoms with van der Waals surface area (Å²) in [5.74, 6) is 0.104. The van der Waals surface area contributed by atoms with Gasteiger partial charge in [0, 0.05) is 6.07 Å². The first-order valence-corrected chi connectivity index (χ1v) is 4.40. The highest BCUT2D eigenvalue weighted by Gasteiger charge is 2.01. The van der Waals surface area contributed by atoms with Gasteiger partial charge in [0.2, 0.25) is 11.2 Å². The summed E-state index contributed by atoms with van der Waals surface area (Å²) in [6, 6.07) is 5.67. The molecule has 0 radical (unpaired) electrons. The number of benzene rings is 1. The lowest BCUT2D eigenvalue weighted by molar-refractivity contribution is 0.452. The number of hydrogen-bond acceptors (Lipinski definition) is 4. The Kier molecular flexibility index (Phi) is 2.73. The molecule has 0 saturated carbocycles. The van der Waals surface area contributed by atoms with Gasteiger partial charge in [-0.1, -0.05) is 6.07 Å². The molecular formula is C9H5ClFN3O. The Balaban J connectivity index is 2.22. The molecule has 2 rings (SSSR count). The standard InChI is InChI=1S/C9H5ClFN3O/c10-9-13-8(5-12-14-9)15-7-3-1-2-6(11)4-7/h1-5H. The summed E-state index contributed by atoms with van der Waals surface area (Å²) in [5.41, 5.74) is 0. The van der Waals surface area contributed by atoms with E-state index < -0.39 is 0 Å². The van der Waals surface area contributed by atoms with Crippen molar-refractivity contribution in [3.05, 3.63) is 41.6 Å². The minimum atomic E-state index is -0.388. The zero-order valence-corrected chi connectivity index (χ0v) is 8.15. The van der Waals surface area contributed by atoms with Crippen LogP contribution in [0.1, 0.15) is 0 Å². The third-order valence-electron chi connectivity index (χ3n) is 1.53. The summed E-state index contributed by atoms with van der Waals surface area (Å²) >= 11 is 5.50. The van der Waals surface area contributed by atoms with Crippen LogP contribution in [0.25, 0.3) is 0 Å². The fraction of sp³-hybridized carbons (Fsp3) is 0. The third-order valence-corrected chi connectivity index (χ3v) is 1.69. The normalized spacial score (nSPS) is 10.0. The van der Waals surface area contributed by atoms with Gasteiger partial charge in [-0.15, -0.1) is 5.10 Å². The molecule has 0 amide bonds. The maximum absolute atomic E-state index is 12.8. The maximum Gasteiger partial charge on any atom is 0.246 e. The Morgan fingerprint density at radius 2 is 2.20 bits per heavy atom. The molecule has 0 N–H and O–H groups in total. The van der Waals surface area contributed by atoms with Crippen molar-refractivity contribution in [2.45, 2.75) is 0 Å². The second kappa shape index (κ2) is 4.18. The Hall–Kier alpha value is -1.75. The minimum absolute atomic E-state index is 0.0242. The van der Waals surface area contributed by atoms with Crippen molar-refractivity contribution in [2.24, 2.45) is 0 Å². The molecule has 0 unspecified atom stereocenters. The van der Waals surface area contributed by atoms with Crippen molar-refractivity contribution in [3.63, 3.8) is 0 Å². The average molecular weight is 226 g/mol. The summed E-state index contributed by atoms with van der Waals surface area (Å²) in [5, 5.41) is 6.96. The van der Waals surface area contributed by atoms with Gasteiger partial charge in [0.1, 0.15) is 17.8 Å². The second-order valence-corrected chi connectivity index (χ2v) is 2.96. The molecule has 0 aliphatic carbocycles. The molecule has 4 nitrogen and oxygen atoms in total. The topological polar surface area (TPSA) is 47.9 Å². The predicted molar refractivity (Wildman–Crippen MR) is 51.3 cm³/mol. The molecule has 1 aromatic heterocycles. The van der Waals surface area contributed by atoms with Gasteiger partial charge in [0.15, 0.2) is 0 Å². The summed E-state index contributed by atoms with van der Waals surface area (Å²) in [6.07, 6.45) is 1.29. The highest BCUT2D eigenvalue weighted by Crippen LogP contribution is 2.19. The molecule has 6 heteroatoms. The van der Waals surface area contributed by atoms with Crippen molar-refractivity contribution >= 4 is 11.6 Å². The smallest absolute Gasteiger partial charge is 0.246 e. The van der Waals surface area contributed by atoms with Gasteiger partial charge in [0.05, 0.1) is 0 Å². The molecule has 0 bridgehead atoms. The van der Waals surface area contributed by atoms with Crippen LogP contribution in [-0.2, 0) is 0 Å². The van der Waals surface area contributed by atoms with Crippen LogP contribution in [0.5, 0.6) is 11.6 Å². The Morgan fingerprint density at radius 3 is 2.93 bits per heavy atom. The maximum atomic E-state index is 12.8. The third kappa shape index (κ3) is 2.60. The van der Waals surface area contributed by atoms with Gasteiger partial charge >= 0.3 is 0 Å². The van der Waals surface area contributed by atoms with E-state index in [0.29, 0.717) is 5.75 Å². The van der Waals surface area contributed by atoms with Crippen molar-refractivity contribution < 1.29 is 9.13 Å². The quantitative estimate of drug-likeness (QED) is 0.788. The molecule has 0 aliphatic rings. The van der Waals surface area contributed by atoms with E-state index in [0.717, 1.165) is 0 Å². The zero-order chi connectivity index (χ0) is 10.7. The highest BCUT2D eigenvalue weighted by atomic mass is 35.5. The van der Waals surface area contributed by atoms with E-state index >= 15 is 0 Å². The van der Waals surface area contributed by atoms with Crippen molar-refractivity contribution in [1.29, 1.82) is 0 Å². The summed E-state index contributed by atoms with van der Waals surface area (Å²) < 4.78 is 18.0. The lowest BCUT2D eigenvalue weighted by Gasteiger charge is -2.02. The van der Waals surface area contributed by atoms with Crippen LogP contribution in [-0.4, -0.2) is 15.2 Å². The number of ether oxygens (including phenoxy) is 1. The fourth-order valence-corrected chi connectivity index (χ4v) is 1.10. The van der Waals surface area contributed by atoms with Crippen molar-refractivity contribution in [3.8, 4) is 11.6 Å². The first-order chi connectivity index (χ1) is 7.24. The fourth-order valence-electron chi connectivity index (χ4n) is 0.968. The van der Waals surface area contributed by atoms with E-state index in [1.807, 2.05) is 0 Å². The number of rotatable bonds is 2. The lowest BCUT2D eigenvalue weighted by atomic mass is 10.3. The number of nitrogens with zero attached hydrogens (tertiary/aromatic N) is 3. The largest absolute Gasteiger partial charge is 0.437 e. The Morgan fingerprint density at radius 1 is 1.33 bits per heavy atom. The SMILES string of the molecule is Fc1cccc(Oc2cnnc(Cl)n2)c1. The van der Waals surface area contributed by atoms with E-state index in [-0.39, 0.29) is 17.0 Å². The molecule has 0 spiro atoms. The van der Waals surface area contributed by atoms with Crippen LogP contribution in [0.15, 0.2) is 30.5 Å². The van der Waals surface area contributed by atoms with Crippen molar-refractivity contribution in [1.82, 2.24) is 15.2 Å². The molecule has 2 aromatic rings. The van der Waals surface area contributed by atoms with E-state index in [2.05, 4.69) is 15.2 Å². The van der Waals surface area contributed by atoms with Crippen molar-refractivity contribution in [2.75, 3.05) is 0 Å². The Labute approximate surface area is 89.7 Å². The van der Waals surface area contributed by atoms with Crippen LogP contribution >= 0.6 is 11.6 Å². The molecule has 0 aliphatic heterocycles. The van der Waals surface area contributed by atoms with E-state index in [9.17, 15) is 4.39 Å². The van der Waals surface area contributed by atoms with Crippen LogP contribution < -0.4 is 4.74 Å². The average Bonchev–Trinajstić information content (AvgIpc) is 2.17. The van der Waals surface area contributed by atoms with Gasteiger partial charge in [-0.05, 0) is 23.7 Å². The van der Waals surface area contributed by atoms with Crippen LogP contribution in [0, 0.1) is 5.82 Å². The van der Waals surface area contributed by atoms with Crippen LogP contribution in [0.3, 0.4) is 0 Å². The molecule has 15 heavy (non-hydrogen) atoms. The van der Waals surface area contributed by atoms with E-state index in [4.69, 9.17) is 16.3 Å². The molecule has 76 valence electrons. The summed E-state index contributed by atoms with van der Waals surface area (Å²) in [6.45, 7) is 0. The van der Waals surface area contributed by atoms with E-state index in [1.54, 1.807) is 6.07 Å². The lowest BCUT2D eigenvalue weighted by Crippen LogP contribution is -1.92. The van der Waals surface area contributed by atoms with Gasteiger partial charge in [-0.3, -0.25) is 0 Å². The van der Waals surface area contributed by atoms with Gasteiger partial charge in [-0.25, -0.2) is 4.39 Å². The van der Waals surface area contributed by atoms with Gasteiger partial charge in [0.25, 0.3) is 0 Å². The molecule has 0 fully saturated rings. The molecule has 1 aromatic carbocycles. The first kappa shape index (κ1) is 9.79. The number of halogens is 2.